The second-order valence-electron chi connectivity index (χ2n) is 30.0. The van der Waals surface area contributed by atoms with E-state index in [4.69, 9.17) is 37.9 Å². The highest BCUT2D eigenvalue weighted by molar-refractivity contribution is 5.68. The number of rotatable bonds is 14. The van der Waals surface area contributed by atoms with Crippen LogP contribution < -0.4 is 18.9 Å². The number of hydrogen-bond acceptors (Lipinski definition) is 12. The van der Waals surface area contributed by atoms with E-state index >= 15 is 0 Å². The average molecular weight is 1170 g/mol. The minimum Gasteiger partial charge on any atom is -0.428 e. The molecule has 466 valence electrons. The fourth-order valence-electron chi connectivity index (χ4n) is 14.0. The molecule has 0 bridgehead atoms. The summed E-state index contributed by atoms with van der Waals surface area (Å²) in [5.74, 6) is 3.15. The number of hydrogen-bond donors (Lipinski definition) is 0. The molecule has 0 atom stereocenters. The van der Waals surface area contributed by atoms with Crippen LogP contribution in [0.5, 0.6) is 23.0 Å². The van der Waals surface area contributed by atoms with E-state index in [1.54, 1.807) is 0 Å². The van der Waals surface area contributed by atoms with E-state index < -0.39 is 57.9 Å². The molecule has 85 heavy (non-hydrogen) atoms. The van der Waals surface area contributed by atoms with Gasteiger partial charge in [-0.3, -0.25) is 0 Å². The first-order chi connectivity index (χ1) is 39.4. The van der Waals surface area contributed by atoms with E-state index in [0.717, 1.165) is 73.6 Å². The molecule has 0 unspecified atom stereocenters. The van der Waals surface area contributed by atoms with Crippen molar-refractivity contribution < 1.29 is 57.1 Å². The number of carbonyl (C=O) groups excluding carboxylic acids is 4. The number of carbonyl (C=O) groups is 4. The van der Waals surface area contributed by atoms with Gasteiger partial charge < -0.3 is 37.9 Å². The summed E-state index contributed by atoms with van der Waals surface area (Å²) in [4.78, 5) is 52.7. The summed E-state index contributed by atoms with van der Waals surface area (Å²) in [6.45, 7) is 39.0. The first-order valence-electron chi connectivity index (χ1n) is 31.6. The molecule has 3 aliphatic carbocycles. The fraction of sp³-hybridized carbons (Fsp3) is 0.616. The highest BCUT2D eigenvalue weighted by Gasteiger charge is 2.53. The fourth-order valence-corrected chi connectivity index (χ4v) is 14.0. The Kier molecular flexibility index (Phi) is 20.1. The topological polar surface area (TPSA) is 142 Å². The van der Waals surface area contributed by atoms with Crippen molar-refractivity contribution in [3.63, 3.8) is 0 Å². The lowest BCUT2D eigenvalue weighted by molar-refractivity contribution is 0.00989. The van der Waals surface area contributed by atoms with Crippen molar-refractivity contribution in [3.8, 4) is 23.0 Å². The Morgan fingerprint density at radius 3 is 0.753 bits per heavy atom. The van der Waals surface area contributed by atoms with Crippen molar-refractivity contribution in [2.45, 2.75) is 272 Å². The molecule has 3 aliphatic rings. The van der Waals surface area contributed by atoms with E-state index in [1.807, 2.05) is 107 Å². The molecule has 0 aliphatic heterocycles. The van der Waals surface area contributed by atoms with Gasteiger partial charge in [-0.1, -0.05) is 117 Å². The van der Waals surface area contributed by atoms with Crippen LogP contribution >= 0.6 is 0 Å². The molecule has 3 fully saturated rings. The van der Waals surface area contributed by atoms with Gasteiger partial charge in [0.15, 0.2) is 0 Å². The molecule has 12 heteroatoms. The van der Waals surface area contributed by atoms with Crippen molar-refractivity contribution in [3.05, 3.63) is 117 Å². The van der Waals surface area contributed by atoms with Gasteiger partial charge in [0.05, 0.1) is 0 Å². The zero-order chi connectivity index (χ0) is 62.8. The SMILES string of the molecule is CC(C)c1cc(C2(c3ccc(OC(=O)OC(C)(C)C)c(C(C)C)c3)CCC(C3(C4CCC(c5ccc(OC(=O)OC(C)(C)C)c(C(C)C)c5)(c5ccc(OC(=O)OC(C)(C)C)c(C(C)C)c5)CC4)CCCC3)CC2)ccc1OC(=O)OC(C)(C)C. The van der Waals surface area contributed by atoms with Crippen LogP contribution in [-0.4, -0.2) is 47.0 Å². The average Bonchev–Trinajstić information content (AvgIpc) is 1.62. The predicted octanol–water partition coefficient (Wildman–Crippen LogP) is 20.6. The third-order valence-electron chi connectivity index (χ3n) is 17.9. The quantitative estimate of drug-likeness (QED) is 0.0674. The molecule has 0 saturated heterocycles. The Bertz CT molecular complexity index is 2630. The lowest BCUT2D eigenvalue weighted by Crippen LogP contribution is -2.45. The van der Waals surface area contributed by atoms with E-state index in [1.165, 1.54) is 47.9 Å². The molecule has 0 N–H and O–H groups in total. The maximum Gasteiger partial charge on any atom is 0.514 e. The smallest absolute Gasteiger partial charge is 0.428 e. The highest BCUT2D eigenvalue weighted by atomic mass is 16.7. The lowest BCUT2D eigenvalue weighted by Gasteiger charge is -2.53. The molecule has 0 radical (unpaired) electrons. The van der Waals surface area contributed by atoms with Crippen LogP contribution in [0.15, 0.2) is 72.8 Å². The summed E-state index contributed by atoms with van der Waals surface area (Å²) in [7, 11) is 0. The summed E-state index contributed by atoms with van der Waals surface area (Å²) < 4.78 is 46.4. The summed E-state index contributed by atoms with van der Waals surface area (Å²) in [5, 5.41) is 0. The zero-order valence-electron chi connectivity index (χ0n) is 55.3. The van der Waals surface area contributed by atoms with Crippen LogP contribution in [-0.2, 0) is 29.8 Å². The Balaban J connectivity index is 1.28. The molecule has 4 aromatic carbocycles. The zero-order valence-corrected chi connectivity index (χ0v) is 55.3. The van der Waals surface area contributed by atoms with Crippen molar-refractivity contribution in [1.82, 2.24) is 0 Å². The standard InChI is InChI=1S/C73H102O12/c1-45(2)55-41-51(23-27-59(55)78-63(74)82-67(9,10)11)72(52-24-28-60(56(42-52)46(3)4)79-64(75)83-68(12,13)14)37-31-49(32-38-72)71(35-21-22-36-71)50-33-39-73(40-34-50,53-25-29-61(57(43-53)47(5)6)80-65(76)84-69(15,16)17)54-26-30-62(58(44-54)48(7)8)81-66(77)85-70(18,19)20/h23-30,41-50H,21-22,31-40H2,1-20H3. The van der Waals surface area contributed by atoms with Gasteiger partial charge in [-0.2, -0.15) is 0 Å². The van der Waals surface area contributed by atoms with E-state index in [9.17, 15) is 19.2 Å². The third kappa shape index (κ3) is 16.1. The number of benzene rings is 4. The van der Waals surface area contributed by atoms with Crippen LogP contribution in [0.25, 0.3) is 0 Å². The molecule has 12 nitrogen and oxygen atoms in total. The maximum absolute atomic E-state index is 13.2. The molecular formula is C73H102O12. The Labute approximate surface area is 509 Å². The van der Waals surface area contributed by atoms with Gasteiger partial charge in [0.2, 0.25) is 0 Å². The van der Waals surface area contributed by atoms with Crippen molar-refractivity contribution in [2.75, 3.05) is 0 Å². The minimum absolute atomic E-state index is 0.0442. The summed E-state index contributed by atoms with van der Waals surface area (Å²) in [5.41, 5.74) is 4.98. The molecule has 0 aromatic heterocycles. The van der Waals surface area contributed by atoms with Gasteiger partial charge in [0.25, 0.3) is 0 Å². The normalized spacial score (nSPS) is 17.6. The molecule has 4 aromatic rings. The second-order valence-corrected chi connectivity index (χ2v) is 30.0. The highest BCUT2D eigenvalue weighted by Crippen LogP contribution is 2.63. The minimum atomic E-state index is -0.729. The molecule has 0 amide bonds. The molecule has 3 saturated carbocycles. The predicted molar refractivity (Wildman–Crippen MR) is 336 cm³/mol. The van der Waals surface area contributed by atoms with Crippen LogP contribution in [0.4, 0.5) is 19.2 Å². The first-order valence-corrected chi connectivity index (χ1v) is 31.6. The van der Waals surface area contributed by atoms with Gasteiger partial charge in [0, 0.05) is 10.8 Å². The van der Waals surface area contributed by atoms with E-state index in [2.05, 4.69) is 104 Å². The summed E-state index contributed by atoms with van der Waals surface area (Å²) in [6, 6.07) is 25.5. The van der Waals surface area contributed by atoms with Crippen LogP contribution in [0.2, 0.25) is 0 Å². The van der Waals surface area contributed by atoms with Crippen LogP contribution in [0, 0.1) is 17.3 Å². The summed E-state index contributed by atoms with van der Waals surface area (Å²) >= 11 is 0. The van der Waals surface area contributed by atoms with E-state index in [0.29, 0.717) is 34.8 Å². The first kappa shape index (κ1) is 66.5. The van der Waals surface area contributed by atoms with Gasteiger partial charge in [-0.15, -0.1) is 0 Å². The number of ether oxygens (including phenoxy) is 8. The molecule has 0 heterocycles. The van der Waals surface area contributed by atoms with E-state index in [-0.39, 0.29) is 29.1 Å². The monoisotopic (exact) mass is 1170 g/mol. The van der Waals surface area contributed by atoms with Gasteiger partial charge in [-0.25, -0.2) is 19.2 Å². The van der Waals surface area contributed by atoms with Gasteiger partial charge >= 0.3 is 24.6 Å². The molecular weight excluding hydrogens is 1070 g/mol. The second kappa shape index (κ2) is 25.7. The largest absolute Gasteiger partial charge is 0.514 e. The van der Waals surface area contributed by atoms with Crippen molar-refractivity contribution in [1.29, 1.82) is 0 Å². The van der Waals surface area contributed by atoms with Gasteiger partial charge in [-0.05, 0) is 257 Å². The van der Waals surface area contributed by atoms with Gasteiger partial charge in [0.1, 0.15) is 45.4 Å². The maximum atomic E-state index is 13.2. The van der Waals surface area contributed by atoms with Crippen LogP contribution in [0.1, 0.15) is 284 Å². The lowest BCUT2D eigenvalue weighted by atomic mass is 9.51. The molecule has 7 rings (SSSR count). The third-order valence-corrected chi connectivity index (χ3v) is 17.9. The van der Waals surface area contributed by atoms with Crippen molar-refractivity contribution >= 4 is 24.6 Å². The molecule has 0 spiro atoms. The Morgan fingerprint density at radius 2 is 0.565 bits per heavy atom. The summed E-state index contributed by atoms with van der Waals surface area (Å²) in [6.07, 6.45) is 9.71. The van der Waals surface area contributed by atoms with Crippen molar-refractivity contribution in [2.24, 2.45) is 17.3 Å². The van der Waals surface area contributed by atoms with Crippen LogP contribution in [0.3, 0.4) is 0 Å². The Morgan fingerprint density at radius 1 is 0.353 bits per heavy atom. The Hall–Kier alpha value is -6.04.